The Morgan fingerprint density at radius 2 is 1.81 bits per heavy atom. The Kier molecular flexibility index (Phi) is 4.68. The number of amides is 1. The molecule has 1 heterocycles. The van der Waals surface area contributed by atoms with Crippen molar-refractivity contribution in [2.75, 3.05) is 0 Å². The third kappa shape index (κ3) is 3.46. The predicted octanol–water partition coefficient (Wildman–Crippen LogP) is 6.17. The summed E-state index contributed by atoms with van der Waals surface area (Å²) in [6, 6.07) is 20.2. The third-order valence-corrected chi connectivity index (χ3v) is 6.14. The van der Waals surface area contributed by atoms with Crippen LogP contribution in [-0.2, 0) is 0 Å². The minimum atomic E-state index is -0.293. The number of fused-ring (bicyclic) bond motifs is 2. The Bertz CT molecular complexity index is 1210. The molecule has 0 radical (unpaired) electrons. The standard InChI is InChI=1S/C22H17ClN2OS/c1-13-7-10-18-19(11-13)27-21(20(18)23)22(26)25-24-14(2)16-9-8-15-5-3-4-6-17(15)12-16/h3-12H,1-2H3,(H,25,26)/b24-14+. The van der Waals surface area contributed by atoms with Gasteiger partial charge in [0.15, 0.2) is 0 Å². The molecule has 0 unspecified atom stereocenters. The number of rotatable bonds is 3. The van der Waals surface area contributed by atoms with Gasteiger partial charge in [-0.15, -0.1) is 11.3 Å². The molecule has 4 aromatic rings. The third-order valence-electron chi connectivity index (χ3n) is 4.48. The van der Waals surface area contributed by atoms with Gasteiger partial charge in [-0.2, -0.15) is 5.10 Å². The van der Waals surface area contributed by atoms with Crippen molar-refractivity contribution >= 4 is 55.4 Å². The summed E-state index contributed by atoms with van der Waals surface area (Å²) in [5.74, 6) is -0.293. The van der Waals surface area contributed by atoms with Crippen molar-refractivity contribution in [2.24, 2.45) is 5.10 Å². The summed E-state index contributed by atoms with van der Waals surface area (Å²) in [5.41, 5.74) is 5.48. The summed E-state index contributed by atoms with van der Waals surface area (Å²) < 4.78 is 1.00. The molecule has 27 heavy (non-hydrogen) atoms. The lowest BCUT2D eigenvalue weighted by Crippen LogP contribution is -2.18. The molecule has 1 N–H and O–H groups in total. The second-order valence-corrected chi connectivity index (χ2v) is 7.88. The van der Waals surface area contributed by atoms with Crippen LogP contribution >= 0.6 is 22.9 Å². The SMILES string of the molecule is C/C(=N\NC(=O)c1sc2cc(C)ccc2c1Cl)c1ccc2ccccc2c1. The maximum Gasteiger partial charge on any atom is 0.283 e. The topological polar surface area (TPSA) is 41.5 Å². The van der Waals surface area contributed by atoms with E-state index < -0.39 is 0 Å². The average Bonchev–Trinajstić information content (AvgIpc) is 3.01. The van der Waals surface area contributed by atoms with Crippen LogP contribution in [0.2, 0.25) is 5.02 Å². The molecule has 4 rings (SSSR count). The molecule has 3 nitrogen and oxygen atoms in total. The zero-order valence-corrected chi connectivity index (χ0v) is 16.5. The molecule has 0 aliphatic heterocycles. The Morgan fingerprint density at radius 1 is 1.04 bits per heavy atom. The van der Waals surface area contributed by atoms with Gasteiger partial charge in [0.2, 0.25) is 0 Å². The van der Waals surface area contributed by atoms with E-state index in [1.54, 1.807) is 0 Å². The first-order valence-electron chi connectivity index (χ1n) is 8.55. The monoisotopic (exact) mass is 392 g/mol. The highest BCUT2D eigenvalue weighted by atomic mass is 35.5. The van der Waals surface area contributed by atoms with Crippen LogP contribution in [0.3, 0.4) is 0 Å². The van der Waals surface area contributed by atoms with Gasteiger partial charge in [0.05, 0.1) is 10.7 Å². The molecule has 0 aliphatic rings. The van der Waals surface area contributed by atoms with Crippen molar-refractivity contribution in [3.8, 4) is 0 Å². The predicted molar refractivity (Wildman–Crippen MR) is 115 cm³/mol. The van der Waals surface area contributed by atoms with Gasteiger partial charge in [0.1, 0.15) is 4.88 Å². The number of hydrazone groups is 1. The molecule has 0 aliphatic carbocycles. The molecule has 1 amide bonds. The number of carbonyl (C=O) groups is 1. The number of thiophene rings is 1. The average molecular weight is 393 g/mol. The lowest BCUT2D eigenvalue weighted by Gasteiger charge is -2.04. The van der Waals surface area contributed by atoms with E-state index in [1.165, 1.54) is 16.7 Å². The molecule has 0 spiro atoms. The molecule has 0 bridgehead atoms. The van der Waals surface area contributed by atoms with Gasteiger partial charge in [-0.25, -0.2) is 5.43 Å². The van der Waals surface area contributed by atoms with Gasteiger partial charge in [-0.05, 0) is 47.9 Å². The van der Waals surface area contributed by atoms with Crippen molar-refractivity contribution in [3.05, 3.63) is 81.7 Å². The second kappa shape index (κ2) is 7.14. The van der Waals surface area contributed by atoms with Gasteiger partial charge in [0, 0.05) is 10.1 Å². The van der Waals surface area contributed by atoms with Gasteiger partial charge in [-0.3, -0.25) is 4.79 Å². The van der Waals surface area contributed by atoms with Gasteiger partial charge in [0.25, 0.3) is 5.91 Å². The number of nitrogens with zero attached hydrogens (tertiary/aromatic N) is 1. The van der Waals surface area contributed by atoms with Crippen LogP contribution in [0.5, 0.6) is 0 Å². The fraction of sp³-hybridized carbons (Fsp3) is 0.0909. The van der Waals surface area contributed by atoms with Crippen molar-refractivity contribution in [2.45, 2.75) is 13.8 Å². The van der Waals surface area contributed by atoms with Gasteiger partial charge < -0.3 is 0 Å². The molecule has 5 heteroatoms. The van der Waals surface area contributed by atoms with E-state index in [0.29, 0.717) is 9.90 Å². The summed E-state index contributed by atoms with van der Waals surface area (Å²) in [7, 11) is 0. The van der Waals surface area contributed by atoms with Gasteiger partial charge in [-0.1, -0.05) is 60.1 Å². The first kappa shape index (κ1) is 17.7. The second-order valence-electron chi connectivity index (χ2n) is 6.44. The molecule has 3 aromatic carbocycles. The van der Waals surface area contributed by atoms with Gasteiger partial charge >= 0.3 is 0 Å². The van der Waals surface area contributed by atoms with E-state index in [-0.39, 0.29) is 5.91 Å². The van der Waals surface area contributed by atoms with E-state index in [0.717, 1.165) is 32.3 Å². The molecule has 134 valence electrons. The molecule has 0 atom stereocenters. The Balaban J connectivity index is 1.59. The fourth-order valence-corrected chi connectivity index (χ4v) is 4.49. The minimum absolute atomic E-state index is 0.293. The van der Waals surface area contributed by atoms with Crippen LogP contribution in [0, 0.1) is 6.92 Å². The Hall–Kier alpha value is -2.69. The van der Waals surface area contributed by atoms with E-state index in [4.69, 9.17) is 11.6 Å². The molecule has 1 aromatic heterocycles. The van der Waals surface area contributed by atoms with E-state index in [1.807, 2.05) is 50.2 Å². The number of hydrogen-bond acceptors (Lipinski definition) is 3. The lowest BCUT2D eigenvalue weighted by atomic mass is 10.0. The van der Waals surface area contributed by atoms with E-state index in [9.17, 15) is 4.79 Å². The number of hydrogen-bond donors (Lipinski definition) is 1. The largest absolute Gasteiger partial charge is 0.283 e. The highest BCUT2D eigenvalue weighted by Gasteiger charge is 2.17. The molecular formula is C22H17ClN2OS. The number of aryl methyl sites for hydroxylation is 1. The van der Waals surface area contributed by atoms with Crippen LogP contribution in [0.4, 0.5) is 0 Å². The van der Waals surface area contributed by atoms with E-state index >= 15 is 0 Å². The summed E-state index contributed by atoms with van der Waals surface area (Å²) in [5, 5.41) is 7.95. The maximum atomic E-state index is 12.6. The number of carbonyl (C=O) groups excluding carboxylic acids is 1. The first-order chi connectivity index (χ1) is 13.0. The van der Waals surface area contributed by atoms with Crippen LogP contribution in [0.15, 0.2) is 65.8 Å². The number of halogens is 1. The summed E-state index contributed by atoms with van der Waals surface area (Å²) in [6.45, 7) is 3.89. The van der Waals surface area contributed by atoms with Crippen LogP contribution < -0.4 is 5.43 Å². The minimum Gasteiger partial charge on any atom is -0.266 e. The van der Waals surface area contributed by atoms with Crippen molar-refractivity contribution < 1.29 is 4.79 Å². The fourth-order valence-electron chi connectivity index (χ4n) is 2.98. The van der Waals surface area contributed by atoms with Crippen molar-refractivity contribution in [3.63, 3.8) is 0 Å². The highest BCUT2D eigenvalue weighted by Crippen LogP contribution is 2.35. The Morgan fingerprint density at radius 3 is 2.63 bits per heavy atom. The zero-order chi connectivity index (χ0) is 19.0. The summed E-state index contributed by atoms with van der Waals surface area (Å²) >= 11 is 7.79. The first-order valence-corrected chi connectivity index (χ1v) is 9.75. The molecule has 0 saturated heterocycles. The molecular weight excluding hydrogens is 376 g/mol. The summed E-state index contributed by atoms with van der Waals surface area (Å²) in [4.78, 5) is 13.1. The summed E-state index contributed by atoms with van der Waals surface area (Å²) in [6.07, 6.45) is 0. The zero-order valence-electron chi connectivity index (χ0n) is 14.9. The highest BCUT2D eigenvalue weighted by molar-refractivity contribution is 7.21. The molecule has 0 fully saturated rings. The van der Waals surface area contributed by atoms with Crippen LogP contribution in [0.25, 0.3) is 20.9 Å². The molecule has 0 saturated carbocycles. The van der Waals surface area contributed by atoms with Crippen LogP contribution in [0.1, 0.15) is 27.7 Å². The lowest BCUT2D eigenvalue weighted by molar-refractivity contribution is 0.0959. The van der Waals surface area contributed by atoms with Crippen molar-refractivity contribution in [1.82, 2.24) is 5.43 Å². The van der Waals surface area contributed by atoms with Crippen molar-refractivity contribution in [1.29, 1.82) is 0 Å². The van der Waals surface area contributed by atoms with Crippen LogP contribution in [-0.4, -0.2) is 11.6 Å². The quantitative estimate of drug-likeness (QED) is 0.328. The Labute approximate surface area is 166 Å². The van der Waals surface area contributed by atoms with E-state index in [2.05, 4.69) is 34.8 Å². The smallest absolute Gasteiger partial charge is 0.266 e. The maximum absolute atomic E-state index is 12.6. The number of nitrogens with one attached hydrogen (secondary N) is 1. The number of benzene rings is 3. The normalized spacial score (nSPS) is 11.9.